The topological polar surface area (TPSA) is 78.3 Å². The quantitative estimate of drug-likeness (QED) is 0.273. The van der Waals surface area contributed by atoms with Gasteiger partial charge < -0.3 is 14.8 Å². The van der Waals surface area contributed by atoms with E-state index in [-0.39, 0.29) is 18.3 Å². The molecule has 3 aromatic rings. The molecule has 33 heavy (non-hydrogen) atoms. The zero-order valence-corrected chi connectivity index (χ0v) is 20.3. The van der Waals surface area contributed by atoms with Gasteiger partial charge in [-0.05, 0) is 42.3 Å². The molecule has 0 saturated carbocycles. The fraction of sp³-hybridized carbons (Fsp3) is 0.292. The molecular formula is C24H27ClN4O3S. The minimum Gasteiger partial charge on any atom is -0.495 e. The lowest BCUT2D eigenvalue weighted by Crippen LogP contribution is -2.15. The average molecular weight is 487 g/mol. The fourth-order valence-electron chi connectivity index (χ4n) is 3.13. The highest BCUT2D eigenvalue weighted by Gasteiger charge is 2.15. The normalized spacial score (nSPS) is 10.6. The third-order valence-corrected chi connectivity index (χ3v) is 5.90. The molecule has 0 atom stereocenters. The maximum atomic E-state index is 12.5. The molecule has 0 fully saturated rings. The number of ether oxygens (including phenoxy) is 2. The van der Waals surface area contributed by atoms with Crippen LogP contribution >= 0.6 is 23.4 Å². The lowest BCUT2D eigenvalue weighted by Gasteiger charge is -2.11. The summed E-state index contributed by atoms with van der Waals surface area (Å²) in [4.78, 5) is 12.5. The van der Waals surface area contributed by atoms with Gasteiger partial charge in [0.1, 0.15) is 18.1 Å². The monoisotopic (exact) mass is 486 g/mol. The van der Waals surface area contributed by atoms with Crippen molar-refractivity contribution in [3.63, 3.8) is 0 Å². The highest BCUT2D eigenvalue weighted by molar-refractivity contribution is 7.99. The molecule has 174 valence electrons. The second kappa shape index (κ2) is 12.3. The number of nitrogens with one attached hydrogen (secondary N) is 1. The molecule has 9 heteroatoms. The fourth-order valence-corrected chi connectivity index (χ4v) is 4.07. The molecule has 0 aliphatic rings. The Labute approximate surface area is 203 Å². The zero-order chi connectivity index (χ0) is 23.6. The van der Waals surface area contributed by atoms with Gasteiger partial charge in [-0.25, -0.2) is 0 Å². The van der Waals surface area contributed by atoms with Gasteiger partial charge in [-0.1, -0.05) is 54.9 Å². The molecule has 1 heterocycles. The molecule has 0 aliphatic heterocycles. The molecule has 1 N–H and O–H groups in total. The molecule has 0 spiro atoms. The van der Waals surface area contributed by atoms with Gasteiger partial charge in [-0.2, -0.15) is 0 Å². The van der Waals surface area contributed by atoms with Gasteiger partial charge in [-0.15, -0.1) is 16.8 Å². The molecule has 0 saturated heterocycles. The van der Waals surface area contributed by atoms with Gasteiger partial charge in [-0.3, -0.25) is 9.36 Å². The summed E-state index contributed by atoms with van der Waals surface area (Å²) in [6.45, 7) is 6.74. The summed E-state index contributed by atoms with van der Waals surface area (Å²) in [5.74, 6) is 1.90. The van der Waals surface area contributed by atoms with Crippen molar-refractivity contribution in [1.29, 1.82) is 0 Å². The number of aromatic nitrogens is 3. The first-order chi connectivity index (χ1) is 16.0. The predicted octanol–water partition coefficient (Wildman–Crippen LogP) is 5.39. The molecule has 0 aliphatic carbocycles. The molecule has 7 nitrogen and oxygen atoms in total. The van der Waals surface area contributed by atoms with Crippen LogP contribution in [0, 0.1) is 0 Å². The van der Waals surface area contributed by atoms with Crippen LogP contribution in [0.5, 0.6) is 11.5 Å². The van der Waals surface area contributed by atoms with E-state index in [0.717, 1.165) is 18.6 Å². The SMILES string of the molecule is C=CCn1c(COc2ccc(CCC)cc2)nnc1SCC(=O)Nc1cc(Cl)ccc1OC. The molecular weight excluding hydrogens is 460 g/mol. The number of rotatable bonds is 12. The highest BCUT2D eigenvalue weighted by atomic mass is 35.5. The number of benzene rings is 2. The maximum Gasteiger partial charge on any atom is 0.234 e. The van der Waals surface area contributed by atoms with E-state index in [1.54, 1.807) is 24.3 Å². The molecule has 0 unspecified atom stereocenters. The van der Waals surface area contributed by atoms with Crippen molar-refractivity contribution in [3.05, 3.63) is 71.5 Å². The standard InChI is InChI=1S/C24H27ClN4O3S/c1-4-6-17-7-10-19(11-8-17)32-15-22-27-28-24(29(22)13-5-2)33-16-23(30)26-20-14-18(25)9-12-21(20)31-3/h5,7-12,14H,2,4,6,13,15-16H2,1,3H3,(H,26,30). The Morgan fingerprint density at radius 3 is 2.73 bits per heavy atom. The second-order valence-corrected chi connectivity index (χ2v) is 8.54. The van der Waals surface area contributed by atoms with Gasteiger partial charge in [0.15, 0.2) is 11.0 Å². The summed E-state index contributed by atoms with van der Waals surface area (Å²) in [6.07, 6.45) is 3.91. The van der Waals surface area contributed by atoms with E-state index in [1.165, 1.54) is 24.4 Å². The van der Waals surface area contributed by atoms with E-state index in [4.69, 9.17) is 21.1 Å². The van der Waals surface area contributed by atoms with Crippen molar-refractivity contribution in [3.8, 4) is 11.5 Å². The van der Waals surface area contributed by atoms with Crippen molar-refractivity contribution in [2.24, 2.45) is 0 Å². The largest absolute Gasteiger partial charge is 0.495 e. The van der Waals surface area contributed by atoms with Crippen LogP contribution in [0.3, 0.4) is 0 Å². The van der Waals surface area contributed by atoms with Crippen LogP contribution in [0.2, 0.25) is 5.02 Å². The van der Waals surface area contributed by atoms with Crippen LogP contribution in [0.1, 0.15) is 24.7 Å². The van der Waals surface area contributed by atoms with Crippen molar-refractivity contribution >= 4 is 35.0 Å². The summed E-state index contributed by atoms with van der Waals surface area (Å²) in [5.41, 5.74) is 1.80. The number of carbonyl (C=O) groups excluding carboxylic acids is 1. The van der Waals surface area contributed by atoms with Crippen molar-refractivity contribution in [2.75, 3.05) is 18.2 Å². The number of hydrogen-bond acceptors (Lipinski definition) is 6. The van der Waals surface area contributed by atoms with Crippen molar-refractivity contribution in [1.82, 2.24) is 14.8 Å². The zero-order valence-electron chi connectivity index (χ0n) is 18.7. The smallest absolute Gasteiger partial charge is 0.234 e. The van der Waals surface area contributed by atoms with Gasteiger partial charge in [0.25, 0.3) is 0 Å². The lowest BCUT2D eigenvalue weighted by atomic mass is 10.1. The number of amides is 1. The number of halogens is 1. The van der Waals surface area contributed by atoms with E-state index in [2.05, 4.69) is 41.1 Å². The summed E-state index contributed by atoms with van der Waals surface area (Å²) in [6, 6.07) is 13.1. The van der Waals surface area contributed by atoms with Crippen molar-refractivity contribution in [2.45, 2.75) is 38.1 Å². The number of allylic oxidation sites excluding steroid dienone is 1. The second-order valence-electron chi connectivity index (χ2n) is 7.16. The minimum atomic E-state index is -0.210. The Kier molecular flexibility index (Phi) is 9.21. The molecule has 0 bridgehead atoms. The van der Waals surface area contributed by atoms with Crippen molar-refractivity contribution < 1.29 is 14.3 Å². The minimum absolute atomic E-state index is 0.144. The third kappa shape index (κ3) is 7.00. The molecule has 0 radical (unpaired) electrons. The summed E-state index contributed by atoms with van der Waals surface area (Å²) in [5, 5.41) is 12.4. The summed E-state index contributed by atoms with van der Waals surface area (Å²) < 4.78 is 13.0. The van der Waals surface area contributed by atoms with Crippen LogP contribution in [0.4, 0.5) is 5.69 Å². The first-order valence-electron chi connectivity index (χ1n) is 10.5. The van der Waals surface area contributed by atoms with Gasteiger partial charge in [0.05, 0.1) is 18.6 Å². The Hall–Kier alpha value is -2.97. The third-order valence-electron chi connectivity index (χ3n) is 4.70. The molecule has 2 aromatic carbocycles. The maximum absolute atomic E-state index is 12.5. The van der Waals surface area contributed by atoms with Crippen LogP contribution in [0.25, 0.3) is 0 Å². The first kappa shape index (κ1) is 24.7. The van der Waals surface area contributed by atoms with E-state index >= 15 is 0 Å². The predicted molar refractivity (Wildman–Crippen MR) is 132 cm³/mol. The van der Waals surface area contributed by atoms with Gasteiger partial charge >= 0.3 is 0 Å². The summed E-state index contributed by atoms with van der Waals surface area (Å²) >= 11 is 7.31. The Balaban J connectivity index is 1.61. The van der Waals surface area contributed by atoms with Crippen LogP contribution in [0.15, 0.2) is 60.3 Å². The Morgan fingerprint density at radius 1 is 1.24 bits per heavy atom. The molecule has 1 amide bonds. The highest BCUT2D eigenvalue weighted by Crippen LogP contribution is 2.28. The Bertz CT molecular complexity index is 1090. The number of methoxy groups -OCH3 is 1. The number of thioether (sulfide) groups is 1. The average Bonchev–Trinajstić information content (AvgIpc) is 3.19. The van der Waals surface area contributed by atoms with Crippen LogP contribution in [-0.4, -0.2) is 33.5 Å². The summed E-state index contributed by atoms with van der Waals surface area (Å²) in [7, 11) is 1.54. The van der Waals surface area contributed by atoms with E-state index in [9.17, 15) is 4.79 Å². The van der Waals surface area contributed by atoms with E-state index in [0.29, 0.717) is 34.0 Å². The van der Waals surface area contributed by atoms with Crippen LogP contribution < -0.4 is 14.8 Å². The van der Waals surface area contributed by atoms with Crippen LogP contribution in [-0.2, 0) is 24.4 Å². The van der Waals surface area contributed by atoms with Gasteiger partial charge in [0.2, 0.25) is 5.91 Å². The van der Waals surface area contributed by atoms with Gasteiger partial charge in [0, 0.05) is 11.6 Å². The molecule has 3 rings (SSSR count). The number of anilines is 1. The lowest BCUT2D eigenvalue weighted by molar-refractivity contribution is -0.113. The first-order valence-corrected chi connectivity index (χ1v) is 11.9. The van der Waals surface area contributed by atoms with E-state index < -0.39 is 0 Å². The van der Waals surface area contributed by atoms with E-state index in [1.807, 2.05) is 16.7 Å². The molecule has 1 aromatic heterocycles. The number of nitrogens with zero attached hydrogens (tertiary/aromatic N) is 3. The Morgan fingerprint density at radius 2 is 2.03 bits per heavy atom. The number of aryl methyl sites for hydroxylation is 1. The number of hydrogen-bond donors (Lipinski definition) is 1. The number of carbonyl (C=O) groups is 1.